The first-order valence-corrected chi connectivity index (χ1v) is 6.26. The number of rotatable bonds is 3. The van der Waals surface area contributed by atoms with Gasteiger partial charge in [0.2, 0.25) is 11.6 Å². The first kappa shape index (κ1) is 10.6. The summed E-state index contributed by atoms with van der Waals surface area (Å²) in [6.45, 7) is 0. The van der Waals surface area contributed by atoms with Gasteiger partial charge < -0.3 is 0 Å². The fourth-order valence-electron chi connectivity index (χ4n) is 1.70. The summed E-state index contributed by atoms with van der Waals surface area (Å²) in [6, 6.07) is 0. The van der Waals surface area contributed by atoms with E-state index in [0.717, 1.165) is 12.8 Å². The Bertz CT molecular complexity index is 346. The molecule has 0 N–H and O–H groups in total. The fourth-order valence-corrected chi connectivity index (χ4v) is 2.90. The molecule has 0 aliphatic carbocycles. The standard InChI is InChI=1S/C9H14N4OS/c1-13-11-9(10-12-13)8(14)6-7-2-4-15-5-3-7/h7H,2-6H2,1H3. The fraction of sp³-hybridized carbons (Fsp3) is 0.778. The van der Waals surface area contributed by atoms with Crippen LogP contribution in [-0.4, -0.2) is 37.5 Å². The zero-order valence-corrected chi connectivity index (χ0v) is 9.53. The molecule has 1 saturated heterocycles. The van der Waals surface area contributed by atoms with Crippen LogP contribution < -0.4 is 0 Å². The molecule has 0 unspecified atom stereocenters. The van der Waals surface area contributed by atoms with Gasteiger partial charge in [0.15, 0.2) is 0 Å². The molecule has 2 heterocycles. The molecule has 0 saturated carbocycles. The summed E-state index contributed by atoms with van der Waals surface area (Å²) in [4.78, 5) is 13.1. The maximum absolute atomic E-state index is 11.7. The van der Waals surface area contributed by atoms with E-state index in [9.17, 15) is 4.79 Å². The van der Waals surface area contributed by atoms with E-state index in [1.165, 1.54) is 16.3 Å². The van der Waals surface area contributed by atoms with Crippen LogP contribution in [0.1, 0.15) is 29.9 Å². The molecule has 0 spiro atoms. The number of hydrogen-bond acceptors (Lipinski definition) is 5. The Morgan fingerprint density at radius 1 is 1.53 bits per heavy atom. The average Bonchev–Trinajstić information content (AvgIpc) is 2.66. The first-order chi connectivity index (χ1) is 7.25. The van der Waals surface area contributed by atoms with E-state index in [2.05, 4.69) is 15.4 Å². The van der Waals surface area contributed by atoms with Crippen molar-refractivity contribution in [2.24, 2.45) is 13.0 Å². The van der Waals surface area contributed by atoms with E-state index in [1.807, 2.05) is 11.8 Å². The van der Waals surface area contributed by atoms with Crippen LogP contribution in [-0.2, 0) is 7.05 Å². The molecule has 0 bridgehead atoms. The van der Waals surface area contributed by atoms with Crippen molar-refractivity contribution >= 4 is 17.5 Å². The maximum atomic E-state index is 11.7. The summed E-state index contributed by atoms with van der Waals surface area (Å²) in [7, 11) is 1.67. The second-order valence-corrected chi connectivity index (χ2v) is 5.01. The summed E-state index contributed by atoms with van der Waals surface area (Å²) in [5.41, 5.74) is 0. The number of ketones is 1. The normalized spacial score (nSPS) is 17.9. The Kier molecular flexibility index (Phi) is 3.35. The van der Waals surface area contributed by atoms with Crippen LogP contribution >= 0.6 is 11.8 Å². The van der Waals surface area contributed by atoms with Gasteiger partial charge in [-0.05, 0) is 35.5 Å². The molecule has 0 atom stereocenters. The van der Waals surface area contributed by atoms with Crippen molar-refractivity contribution in [3.8, 4) is 0 Å². The largest absolute Gasteiger partial charge is 0.290 e. The minimum atomic E-state index is 0.0278. The Morgan fingerprint density at radius 2 is 2.27 bits per heavy atom. The van der Waals surface area contributed by atoms with Crippen LogP contribution in [0.3, 0.4) is 0 Å². The maximum Gasteiger partial charge on any atom is 0.240 e. The Morgan fingerprint density at radius 3 is 2.87 bits per heavy atom. The van der Waals surface area contributed by atoms with Crippen molar-refractivity contribution in [3.63, 3.8) is 0 Å². The number of Topliss-reactive ketones (excluding diaryl/α,β-unsaturated/α-hetero) is 1. The highest BCUT2D eigenvalue weighted by Gasteiger charge is 2.20. The van der Waals surface area contributed by atoms with Gasteiger partial charge >= 0.3 is 0 Å². The van der Waals surface area contributed by atoms with Crippen molar-refractivity contribution in [2.45, 2.75) is 19.3 Å². The molecule has 1 aliphatic heterocycles. The third-order valence-corrected chi connectivity index (χ3v) is 3.62. The molecule has 2 rings (SSSR count). The molecule has 0 amide bonds. The summed E-state index contributed by atoms with van der Waals surface area (Å²) in [5.74, 6) is 3.15. The van der Waals surface area contributed by atoms with Crippen molar-refractivity contribution in [2.75, 3.05) is 11.5 Å². The lowest BCUT2D eigenvalue weighted by Gasteiger charge is -2.19. The number of aryl methyl sites for hydroxylation is 1. The molecule has 1 aliphatic rings. The number of carbonyl (C=O) groups is 1. The molecule has 82 valence electrons. The zero-order valence-electron chi connectivity index (χ0n) is 8.72. The van der Waals surface area contributed by atoms with Crippen molar-refractivity contribution in [1.82, 2.24) is 20.2 Å². The molecule has 0 radical (unpaired) electrons. The molecular formula is C9H14N4OS. The minimum Gasteiger partial charge on any atom is -0.290 e. The number of carbonyl (C=O) groups excluding carboxylic acids is 1. The Labute approximate surface area is 92.6 Å². The monoisotopic (exact) mass is 226 g/mol. The number of thioether (sulfide) groups is 1. The smallest absolute Gasteiger partial charge is 0.240 e. The van der Waals surface area contributed by atoms with Gasteiger partial charge in [-0.3, -0.25) is 4.79 Å². The molecule has 6 heteroatoms. The van der Waals surface area contributed by atoms with Gasteiger partial charge in [0.25, 0.3) is 0 Å². The van der Waals surface area contributed by atoms with Gasteiger partial charge in [-0.15, -0.1) is 10.2 Å². The highest BCUT2D eigenvalue weighted by molar-refractivity contribution is 7.99. The summed E-state index contributed by atoms with van der Waals surface area (Å²) in [6.07, 6.45) is 2.85. The summed E-state index contributed by atoms with van der Waals surface area (Å²) >= 11 is 1.97. The Hall–Kier alpha value is -0.910. The summed E-state index contributed by atoms with van der Waals surface area (Å²) < 4.78 is 0. The second kappa shape index (κ2) is 4.74. The highest BCUT2D eigenvalue weighted by atomic mass is 32.2. The molecule has 1 aromatic heterocycles. The number of aromatic nitrogens is 4. The van der Waals surface area contributed by atoms with Crippen molar-refractivity contribution in [1.29, 1.82) is 0 Å². The van der Waals surface area contributed by atoms with E-state index in [-0.39, 0.29) is 11.6 Å². The third-order valence-electron chi connectivity index (χ3n) is 2.57. The number of tetrazole rings is 1. The van der Waals surface area contributed by atoms with Crippen molar-refractivity contribution in [3.05, 3.63) is 5.82 Å². The van der Waals surface area contributed by atoms with E-state index >= 15 is 0 Å². The lowest BCUT2D eigenvalue weighted by atomic mass is 9.96. The molecular weight excluding hydrogens is 212 g/mol. The molecule has 1 fully saturated rings. The van der Waals surface area contributed by atoms with Crippen LogP contribution in [0, 0.1) is 5.92 Å². The Balaban J connectivity index is 1.91. The van der Waals surface area contributed by atoms with E-state index in [0.29, 0.717) is 12.3 Å². The second-order valence-electron chi connectivity index (χ2n) is 3.79. The third kappa shape index (κ3) is 2.77. The topological polar surface area (TPSA) is 60.7 Å². The minimum absolute atomic E-state index is 0.0278. The predicted octanol–water partition coefficient (Wildman–Crippen LogP) is 0.926. The van der Waals surface area contributed by atoms with E-state index < -0.39 is 0 Å². The zero-order chi connectivity index (χ0) is 10.7. The predicted molar refractivity (Wildman–Crippen MR) is 57.8 cm³/mol. The summed E-state index contributed by atoms with van der Waals surface area (Å²) in [5, 5.41) is 11.3. The van der Waals surface area contributed by atoms with Crippen LogP contribution in [0.2, 0.25) is 0 Å². The van der Waals surface area contributed by atoms with Gasteiger partial charge in [0, 0.05) is 6.42 Å². The number of hydrogen-bond donors (Lipinski definition) is 0. The van der Waals surface area contributed by atoms with Gasteiger partial charge in [0.05, 0.1) is 7.05 Å². The average molecular weight is 226 g/mol. The highest BCUT2D eigenvalue weighted by Crippen LogP contribution is 2.25. The molecule has 15 heavy (non-hydrogen) atoms. The molecule has 1 aromatic rings. The lowest BCUT2D eigenvalue weighted by molar-refractivity contribution is 0.0948. The lowest BCUT2D eigenvalue weighted by Crippen LogP contribution is -2.15. The SMILES string of the molecule is Cn1nnc(C(=O)CC2CCSCC2)n1. The van der Waals surface area contributed by atoms with Gasteiger partial charge in [-0.1, -0.05) is 0 Å². The van der Waals surface area contributed by atoms with Crippen LogP contribution in [0.15, 0.2) is 0 Å². The van der Waals surface area contributed by atoms with Crippen molar-refractivity contribution < 1.29 is 4.79 Å². The van der Waals surface area contributed by atoms with Gasteiger partial charge in [-0.2, -0.15) is 16.6 Å². The molecule has 0 aromatic carbocycles. The number of nitrogens with zero attached hydrogens (tertiary/aromatic N) is 4. The van der Waals surface area contributed by atoms with Gasteiger partial charge in [-0.25, -0.2) is 0 Å². The quantitative estimate of drug-likeness (QED) is 0.717. The van der Waals surface area contributed by atoms with Crippen LogP contribution in [0.5, 0.6) is 0 Å². The van der Waals surface area contributed by atoms with Crippen LogP contribution in [0.4, 0.5) is 0 Å². The molecule has 5 nitrogen and oxygen atoms in total. The van der Waals surface area contributed by atoms with Gasteiger partial charge in [0.1, 0.15) is 0 Å². The van der Waals surface area contributed by atoms with E-state index in [4.69, 9.17) is 0 Å². The van der Waals surface area contributed by atoms with E-state index in [1.54, 1.807) is 7.05 Å². The first-order valence-electron chi connectivity index (χ1n) is 5.10. The van der Waals surface area contributed by atoms with Crippen LogP contribution in [0.25, 0.3) is 0 Å².